The van der Waals surface area contributed by atoms with E-state index in [1.54, 1.807) is 0 Å². The van der Waals surface area contributed by atoms with Crippen LogP contribution in [-0.2, 0) is 20.9 Å². The maximum absolute atomic E-state index is 13.8. The molecule has 3 heterocycles. The molecule has 6 rings (SSSR count). The van der Waals surface area contributed by atoms with Crippen molar-refractivity contribution in [2.45, 2.75) is 22.7 Å². The number of imide groups is 1. The van der Waals surface area contributed by atoms with Crippen molar-refractivity contribution in [3.05, 3.63) is 103 Å². The van der Waals surface area contributed by atoms with E-state index >= 15 is 0 Å². The van der Waals surface area contributed by atoms with Gasteiger partial charge in [0.15, 0.2) is 0 Å². The van der Waals surface area contributed by atoms with Crippen LogP contribution in [-0.4, -0.2) is 32.6 Å². The Balaban J connectivity index is 1.41. The number of phenolic OH excluding ortho intramolecular Hbond substituents is 1. The lowest BCUT2D eigenvalue weighted by molar-refractivity contribution is -0.122. The van der Waals surface area contributed by atoms with E-state index in [4.69, 9.17) is 0 Å². The Kier molecular flexibility index (Phi) is 6.85. The molecular formula is C28H19BrFN3O5S2. The van der Waals surface area contributed by atoms with Crippen LogP contribution in [0.25, 0.3) is 0 Å². The fourth-order valence-electron chi connectivity index (χ4n) is 5.05. The van der Waals surface area contributed by atoms with Crippen molar-refractivity contribution in [3.8, 4) is 5.75 Å². The molecule has 2 unspecified atom stereocenters. The molecular weight excluding hydrogens is 621 g/mol. The average molecular weight is 641 g/mol. The summed E-state index contributed by atoms with van der Waals surface area (Å²) >= 11 is 5.53. The fraction of sp³-hybridized carbons (Fsp3) is 0.143. The summed E-state index contributed by atoms with van der Waals surface area (Å²) in [6, 6.07) is 18.5. The molecule has 3 amide bonds. The second-order valence-corrected chi connectivity index (χ2v) is 12.3. The van der Waals surface area contributed by atoms with Gasteiger partial charge >= 0.3 is 4.87 Å². The van der Waals surface area contributed by atoms with Crippen LogP contribution in [0.4, 0.5) is 15.8 Å². The van der Waals surface area contributed by atoms with Gasteiger partial charge in [0.2, 0.25) is 17.7 Å². The number of halogens is 2. The van der Waals surface area contributed by atoms with E-state index in [9.17, 15) is 28.7 Å². The predicted molar refractivity (Wildman–Crippen MR) is 153 cm³/mol. The van der Waals surface area contributed by atoms with Crippen molar-refractivity contribution in [1.29, 1.82) is 0 Å². The summed E-state index contributed by atoms with van der Waals surface area (Å²) in [5.74, 6) is -3.20. The largest absolute Gasteiger partial charge is 0.508 e. The number of carbonyl (C=O) groups is 3. The van der Waals surface area contributed by atoms with Gasteiger partial charge in [-0.05, 0) is 66.2 Å². The van der Waals surface area contributed by atoms with Crippen molar-refractivity contribution in [2.24, 2.45) is 5.92 Å². The fourth-order valence-corrected chi connectivity index (χ4v) is 8.24. The molecule has 3 atom stereocenters. The number of hydrogen-bond acceptors (Lipinski definition) is 7. The van der Waals surface area contributed by atoms with Crippen molar-refractivity contribution in [3.63, 3.8) is 0 Å². The van der Waals surface area contributed by atoms with E-state index in [0.717, 1.165) is 38.0 Å². The first kappa shape index (κ1) is 26.5. The van der Waals surface area contributed by atoms with Gasteiger partial charge in [-0.15, -0.1) is 0 Å². The Bertz CT molecular complexity index is 1720. The number of nitrogens with zero attached hydrogens (tertiary/aromatic N) is 2. The molecule has 2 aliphatic heterocycles. The van der Waals surface area contributed by atoms with Gasteiger partial charge in [-0.25, -0.2) is 9.29 Å². The van der Waals surface area contributed by atoms with E-state index < -0.39 is 40.6 Å². The number of hydrogen-bond donors (Lipinski definition) is 2. The summed E-state index contributed by atoms with van der Waals surface area (Å²) in [5, 5.41) is 11.8. The lowest BCUT2D eigenvalue weighted by atomic mass is 9.83. The highest BCUT2D eigenvalue weighted by atomic mass is 79.9. The highest BCUT2D eigenvalue weighted by Gasteiger charge is 2.56. The van der Waals surface area contributed by atoms with Gasteiger partial charge in [-0.2, -0.15) is 0 Å². The third-order valence-electron chi connectivity index (χ3n) is 6.79. The van der Waals surface area contributed by atoms with Crippen molar-refractivity contribution in [1.82, 2.24) is 4.57 Å². The van der Waals surface area contributed by atoms with Crippen molar-refractivity contribution in [2.75, 3.05) is 10.2 Å². The summed E-state index contributed by atoms with van der Waals surface area (Å²) in [6.07, 6.45) is 0. The number of amides is 3. The Morgan fingerprint density at radius 3 is 2.42 bits per heavy atom. The predicted octanol–water partition coefficient (Wildman–Crippen LogP) is 4.95. The number of nitrogens with one attached hydrogen (secondary N) is 1. The molecule has 202 valence electrons. The van der Waals surface area contributed by atoms with Gasteiger partial charge in [-0.1, -0.05) is 51.2 Å². The number of aromatic hydroxyl groups is 1. The topological polar surface area (TPSA) is 109 Å². The molecule has 0 radical (unpaired) electrons. The van der Waals surface area contributed by atoms with E-state index in [2.05, 4.69) is 21.2 Å². The first-order chi connectivity index (χ1) is 19.2. The monoisotopic (exact) mass is 639 g/mol. The molecule has 0 bridgehead atoms. The third-order valence-corrected chi connectivity index (χ3v) is 9.89. The molecule has 4 aromatic rings. The minimum absolute atomic E-state index is 0.0520. The van der Waals surface area contributed by atoms with Gasteiger partial charge in [-0.3, -0.25) is 23.7 Å². The van der Waals surface area contributed by atoms with E-state index in [1.165, 1.54) is 53.1 Å². The minimum Gasteiger partial charge on any atom is -0.508 e. The zero-order valence-corrected chi connectivity index (χ0v) is 23.6. The number of rotatable bonds is 5. The second-order valence-electron chi connectivity index (χ2n) is 9.30. The molecule has 0 aliphatic carbocycles. The summed E-state index contributed by atoms with van der Waals surface area (Å²) in [4.78, 5) is 55.0. The van der Waals surface area contributed by atoms with Gasteiger partial charge in [0.25, 0.3) is 0 Å². The van der Waals surface area contributed by atoms with Crippen molar-refractivity contribution < 1.29 is 23.9 Å². The smallest absolute Gasteiger partial charge is 0.308 e. The van der Waals surface area contributed by atoms with Crippen LogP contribution in [0.5, 0.6) is 5.75 Å². The molecule has 1 aromatic heterocycles. The highest BCUT2D eigenvalue weighted by Crippen LogP contribution is 2.54. The van der Waals surface area contributed by atoms with Crippen LogP contribution in [0, 0.1) is 11.7 Å². The van der Waals surface area contributed by atoms with Gasteiger partial charge < -0.3 is 10.4 Å². The molecule has 1 fully saturated rings. The first-order valence-corrected chi connectivity index (χ1v) is 14.6. The number of thioether (sulfide) groups is 1. The molecule has 12 heteroatoms. The zero-order valence-electron chi connectivity index (χ0n) is 20.4. The molecule has 1 saturated heterocycles. The maximum atomic E-state index is 13.8. The molecule has 3 aromatic carbocycles. The van der Waals surface area contributed by atoms with E-state index in [1.807, 2.05) is 24.3 Å². The molecule has 0 spiro atoms. The van der Waals surface area contributed by atoms with E-state index in [-0.39, 0.29) is 22.9 Å². The summed E-state index contributed by atoms with van der Waals surface area (Å²) in [7, 11) is 0. The minimum atomic E-state index is -0.852. The number of thiazole rings is 1. The Labute approximate surface area is 243 Å². The van der Waals surface area contributed by atoms with Crippen LogP contribution in [0.3, 0.4) is 0 Å². The second kappa shape index (κ2) is 10.3. The van der Waals surface area contributed by atoms with Crippen LogP contribution >= 0.6 is 39.0 Å². The molecule has 40 heavy (non-hydrogen) atoms. The highest BCUT2D eigenvalue weighted by molar-refractivity contribution is 9.10. The Morgan fingerprint density at radius 1 is 1.00 bits per heavy atom. The van der Waals surface area contributed by atoms with Gasteiger partial charge in [0.05, 0.1) is 16.6 Å². The zero-order chi connectivity index (χ0) is 28.1. The standard InChI is InChI=1S/C28H19BrFN3O5S2/c29-15-3-1-2-14(12-15)21-22-23(26(37)33(25(22)36)18-8-4-16(30)5-9-18)39-27-24(21)40-28(38)32(27)13-20(35)31-17-6-10-19(34)11-7-17/h1-12,21-23,34H,13H2,(H,31,35)/t21-,22?,23?/m1/s1. The SMILES string of the molecule is O=C(Cn1c2c(sc1=O)[C@H](c1cccc(Br)c1)C1C(=O)N(c3ccc(F)cc3)C(=O)C1S2)Nc1ccc(O)cc1. The molecule has 0 saturated carbocycles. The lowest BCUT2D eigenvalue weighted by Crippen LogP contribution is -2.33. The number of phenols is 1. The molecule has 8 nitrogen and oxygen atoms in total. The number of anilines is 2. The van der Waals surface area contributed by atoms with Crippen molar-refractivity contribution >= 4 is 68.1 Å². The Morgan fingerprint density at radius 2 is 1.73 bits per heavy atom. The number of benzene rings is 3. The average Bonchev–Trinajstić information content (AvgIpc) is 3.36. The van der Waals surface area contributed by atoms with Gasteiger partial charge in [0, 0.05) is 21.0 Å². The Hall–Kier alpha value is -3.74. The lowest BCUT2D eigenvalue weighted by Gasteiger charge is -2.30. The van der Waals surface area contributed by atoms with Crippen LogP contribution in [0.2, 0.25) is 0 Å². The van der Waals surface area contributed by atoms with Crippen LogP contribution < -0.4 is 15.1 Å². The van der Waals surface area contributed by atoms with Gasteiger partial charge in [0.1, 0.15) is 23.4 Å². The number of aromatic nitrogens is 1. The van der Waals surface area contributed by atoms with Crippen LogP contribution in [0.1, 0.15) is 16.4 Å². The maximum Gasteiger partial charge on any atom is 0.308 e. The van der Waals surface area contributed by atoms with Crippen LogP contribution in [0.15, 0.2) is 87.1 Å². The quantitative estimate of drug-likeness (QED) is 0.236. The number of carbonyl (C=O) groups excluding carboxylic acids is 3. The molecule has 2 N–H and O–H groups in total. The summed E-state index contributed by atoms with van der Waals surface area (Å²) in [6.45, 7) is -0.301. The van der Waals surface area contributed by atoms with E-state index in [0.29, 0.717) is 15.6 Å². The summed E-state index contributed by atoms with van der Waals surface area (Å²) < 4.78 is 15.7. The number of fused-ring (bicyclic) bond motifs is 2. The first-order valence-electron chi connectivity index (χ1n) is 12.1. The third kappa shape index (κ3) is 4.65. The normalized spacial score (nSPS) is 19.9. The summed E-state index contributed by atoms with van der Waals surface area (Å²) in [5.41, 5.74) is 1.47. The molecule has 2 aliphatic rings.